The van der Waals surface area contributed by atoms with Gasteiger partial charge < -0.3 is 10.6 Å². The molecule has 0 bridgehead atoms. The second-order valence-electron chi connectivity index (χ2n) is 3.29. The molecule has 2 aromatic rings. The Bertz CT molecular complexity index is 533. The minimum atomic E-state index is -0.321. The maximum Gasteiger partial charge on any atom is 0.139 e. The summed E-state index contributed by atoms with van der Waals surface area (Å²) in [6, 6.07) is 6.53. The summed E-state index contributed by atoms with van der Waals surface area (Å²) in [5.41, 5.74) is 0.631. The number of aromatic nitrogens is 2. The van der Waals surface area contributed by atoms with Gasteiger partial charge in [0.1, 0.15) is 23.8 Å². The van der Waals surface area contributed by atoms with Crippen molar-refractivity contribution >= 4 is 33.3 Å². The first kappa shape index (κ1) is 11.8. The molecule has 88 valence electrons. The lowest BCUT2D eigenvalue weighted by Gasteiger charge is -2.07. The summed E-state index contributed by atoms with van der Waals surface area (Å²) in [7, 11) is 1.77. The third-order valence-electron chi connectivity index (χ3n) is 2.12. The van der Waals surface area contributed by atoms with Crippen molar-refractivity contribution in [3.8, 4) is 0 Å². The van der Waals surface area contributed by atoms with Crippen LogP contribution in [0.3, 0.4) is 0 Å². The molecular weight excluding hydrogens is 287 g/mol. The smallest absolute Gasteiger partial charge is 0.139 e. The van der Waals surface area contributed by atoms with Crippen LogP contribution in [0.15, 0.2) is 35.1 Å². The average Bonchev–Trinajstić information content (AvgIpc) is 2.34. The van der Waals surface area contributed by atoms with Crippen LogP contribution in [-0.2, 0) is 0 Å². The second kappa shape index (κ2) is 5.09. The lowest BCUT2D eigenvalue weighted by Crippen LogP contribution is -1.98. The topological polar surface area (TPSA) is 49.8 Å². The number of nitrogens with one attached hydrogen (secondary N) is 2. The van der Waals surface area contributed by atoms with Crippen LogP contribution in [0, 0.1) is 5.82 Å². The molecule has 6 heteroatoms. The van der Waals surface area contributed by atoms with E-state index in [2.05, 4.69) is 36.5 Å². The normalized spacial score (nSPS) is 10.1. The highest BCUT2D eigenvalue weighted by Crippen LogP contribution is 2.22. The van der Waals surface area contributed by atoms with Gasteiger partial charge in [-0.3, -0.25) is 0 Å². The Kier molecular flexibility index (Phi) is 3.53. The zero-order chi connectivity index (χ0) is 12.3. The van der Waals surface area contributed by atoms with E-state index < -0.39 is 0 Å². The van der Waals surface area contributed by atoms with Gasteiger partial charge in [-0.05, 0) is 34.1 Å². The summed E-state index contributed by atoms with van der Waals surface area (Å²) < 4.78 is 13.7. The Balaban J connectivity index is 2.22. The van der Waals surface area contributed by atoms with Crippen LogP contribution >= 0.6 is 15.9 Å². The van der Waals surface area contributed by atoms with Gasteiger partial charge in [-0.15, -0.1) is 0 Å². The summed E-state index contributed by atoms with van der Waals surface area (Å²) in [6.07, 6.45) is 1.43. The van der Waals surface area contributed by atoms with Crippen LogP contribution in [0.5, 0.6) is 0 Å². The lowest BCUT2D eigenvalue weighted by molar-refractivity contribution is 0.622. The molecule has 0 aliphatic carbocycles. The Morgan fingerprint density at radius 1 is 1.18 bits per heavy atom. The SMILES string of the molecule is CNc1cc(Nc2ccc(Br)c(F)c2)ncn1. The summed E-state index contributed by atoms with van der Waals surface area (Å²) in [5.74, 6) is 0.976. The van der Waals surface area contributed by atoms with Gasteiger partial charge in [0.05, 0.1) is 4.47 Å². The number of hydrogen-bond donors (Lipinski definition) is 2. The molecule has 2 rings (SSSR count). The first-order valence-corrected chi connectivity index (χ1v) is 5.70. The van der Waals surface area contributed by atoms with Gasteiger partial charge in [-0.1, -0.05) is 0 Å². The Morgan fingerprint density at radius 3 is 2.65 bits per heavy atom. The number of hydrogen-bond acceptors (Lipinski definition) is 4. The molecule has 4 nitrogen and oxygen atoms in total. The van der Waals surface area contributed by atoms with Gasteiger partial charge in [0.15, 0.2) is 0 Å². The van der Waals surface area contributed by atoms with Crippen LogP contribution in [0.4, 0.5) is 21.7 Å². The molecule has 0 saturated carbocycles. The second-order valence-corrected chi connectivity index (χ2v) is 4.15. The van der Waals surface area contributed by atoms with Crippen molar-refractivity contribution in [3.05, 3.63) is 40.9 Å². The summed E-state index contributed by atoms with van der Waals surface area (Å²) in [4.78, 5) is 8.03. The molecule has 0 amide bonds. The fraction of sp³-hybridized carbons (Fsp3) is 0.0909. The molecule has 1 aromatic heterocycles. The number of halogens is 2. The molecule has 0 radical (unpaired) electrons. The third-order valence-corrected chi connectivity index (χ3v) is 2.76. The molecule has 0 fully saturated rings. The van der Waals surface area contributed by atoms with Crippen molar-refractivity contribution in [2.75, 3.05) is 17.7 Å². The first-order valence-electron chi connectivity index (χ1n) is 4.91. The molecule has 0 aliphatic rings. The molecular formula is C11H10BrFN4. The van der Waals surface area contributed by atoms with Gasteiger partial charge >= 0.3 is 0 Å². The van der Waals surface area contributed by atoms with Gasteiger partial charge in [-0.2, -0.15) is 0 Å². The molecule has 0 atom stereocenters. The van der Waals surface area contributed by atoms with E-state index in [9.17, 15) is 4.39 Å². The van der Waals surface area contributed by atoms with E-state index in [4.69, 9.17) is 0 Å². The highest BCUT2D eigenvalue weighted by atomic mass is 79.9. The van der Waals surface area contributed by atoms with Crippen molar-refractivity contribution < 1.29 is 4.39 Å². The average molecular weight is 297 g/mol. The molecule has 0 spiro atoms. The van der Waals surface area contributed by atoms with Crippen molar-refractivity contribution in [3.63, 3.8) is 0 Å². The zero-order valence-electron chi connectivity index (χ0n) is 9.04. The fourth-order valence-electron chi connectivity index (χ4n) is 1.28. The van der Waals surface area contributed by atoms with Gasteiger partial charge in [0.25, 0.3) is 0 Å². The van der Waals surface area contributed by atoms with E-state index >= 15 is 0 Å². The van der Waals surface area contributed by atoms with E-state index in [1.165, 1.54) is 12.4 Å². The maximum absolute atomic E-state index is 13.3. The van der Waals surface area contributed by atoms with Crippen molar-refractivity contribution in [2.45, 2.75) is 0 Å². The minimum Gasteiger partial charge on any atom is -0.373 e. The number of rotatable bonds is 3. The number of benzene rings is 1. The monoisotopic (exact) mass is 296 g/mol. The largest absolute Gasteiger partial charge is 0.373 e. The third kappa shape index (κ3) is 2.91. The summed E-state index contributed by atoms with van der Waals surface area (Å²) in [6.45, 7) is 0. The molecule has 2 N–H and O–H groups in total. The highest BCUT2D eigenvalue weighted by molar-refractivity contribution is 9.10. The standard InChI is InChI=1S/C11H10BrFN4/c1-14-10-5-11(16-6-15-10)17-7-2-3-8(12)9(13)4-7/h2-6H,1H3,(H2,14,15,16,17). The first-order chi connectivity index (χ1) is 8.19. The van der Waals surface area contributed by atoms with Crippen LogP contribution in [0.2, 0.25) is 0 Å². The molecule has 17 heavy (non-hydrogen) atoms. The molecule has 0 aliphatic heterocycles. The van der Waals surface area contributed by atoms with Crippen LogP contribution in [-0.4, -0.2) is 17.0 Å². The maximum atomic E-state index is 13.3. The molecule has 0 unspecified atom stereocenters. The number of anilines is 3. The van der Waals surface area contributed by atoms with Crippen LogP contribution < -0.4 is 10.6 Å². The zero-order valence-corrected chi connectivity index (χ0v) is 10.6. The molecule has 1 aromatic carbocycles. The van der Waals surface area contributed by atoms with Crippen molar-refractivity contribution in [2.24, 2.45) is 0 Å². The molecule has 1 heterocycles. The Morgan fingerprint density at radius 2 is 1.94 bits per heavy atom. The van der Waals surface area contributed by atoms with E-state index in [1.54, 1.807) is 25.2 Å². The fourth-order valence-corrected chi connectivity index (χ4v) is 1.53. The van der Waals surface area contributed by atoms with E-state index in [0.717, 1.165) is 0 Å². The van der Waals surface area contributed by atoms with Crippen molar-refractivity contribution in [1.29, 1.82) is 0 Å². The van der Waals surface area contributed by atoms with Gasteiger partial charge in [0.2, 0.25) is 0 Å². The minimum absolute atomic E-state index is 0.321. The van der Waals surface area contributed by atoms with Crippen LogP contribution in [0.25, 0.3) is 0 Å². The predicted molar refractivity (Wildman–Crippen MR) is 69.0 cm³/mol. The van der Waals surface area contributed by atoms with E-state index in [1.807, 2.05) is 0 Å². The Hall–Kier alpha value is -1.69. The van der Waals surface area contributed by atoms with E-state index in [0.29, 0.717) is 21.8 Å². The van der Waals surface area contributed by atoms with Crippen LogP contribution in [0.1, 0.15) is 0 Å². The molecule has 0 saturated heterocycles. The Labute approximate surface area is 106 Å². The highest BCUT2D eigenvalue weighted by Gasteiger charge is 2.02. The van der Waals surface area contributed by atoms with Gasteiger partial charge in [0, 0.05) is 18.8 Å². The quantitative estimate of drug-likeness (QED) is 0.913. The van der Waals surface area contributed by atoms with E-state index in [-0.39, 0.29) is 5.82 Å². The summed E-state index contributed by atoms with van der Waals surface area (Å²) in [5, 5.41) is 5.90. The predicted octanol–water partition coefficient (Wildman–Crippen LogP) is 3.16. The number of nitrogens with zero attached hydrogens (tertiary/aromatic N) is 2. The van der Waals surface area contributed by atoms with Gasteiger partial charge in [-0.25, -0.2) is 14.4 Å². The lowest BCUT2D eigenvalue weighted by atomic mass is 10.3. The summed E-state index contributed by atoms with van der Waals surface area (Å²) >= 11 is 3.10. The van der Waals surface area contributed by atoms with Crippen molar-refractivity contribution in [1.82, 2.24) is 9.97 Å².